The molecule has 2 aromatic rings. The molecular formula is C23H27N5O2. The van der Waals surface area contributed by atoms with Gasteiger partial charge in [-0.3, -0.25) is 4.99 Å². The molecule has 2 aromatic carbocycles. The lowest BCUT2D eigenvalue weighted by Gasteiger charge is -2.28. The number of hydrazone groups is 1. The highest BCUT2D eigenvalue weighted by Gasteiger charge is 2.37. The maximum absolute atomic E-state index is 5.61. The number of rotatable bonds is 7. The van der Waals surface area contributed by atoms with E-state index in [9.17, 15) is 0 Å². The van der Waals surface area contributed by atoms with Crippen LogP contribution in [0.3, 0.4) is 0 Å². The minimum atomic E-state index is -0.109. The summed E-state index contributed by atoms with van der Waals surface area (Å²) in [6, 6.07) is 14.4. The first-order valence-electron chi connectivity index (χ1n) is 10.1. The van der Waals surface area contributed by atoms with Gasteiger partial charge in [0.15, 0.2) is 6.17 Å². The maximum atomic E-state index is 5.61. The second-order valence-electron chi connectivity index (χ2n) is 7.50. The molecule has 0 fully saturated rings. The predicted octanol–water partition coefficient (Wildman–Crippen LogP) is 3.31. The normalized spacial score (nSPS) is 21.0. The zero-order valence-corrected chi connectivity index (χ0v) is 17.6. The molecule has 7 heteroatoms. The molecule has 2 aliphatic heterocycles. The van der Waals surface area contributed by atoms with Crippen molar-refractivity contribution in [3.05, 3.63) is 59.2 Å². The van der Waals surface area contributed by atoms with Crippen molar-refractivity contribution < 1.29 is 9.47 Å². The van der Waals surface area contributed by atoms with Crippen LogP contribution in [0, 0.1) is 19.8 Å². The molecule has 1 N–H and O–H groups in total. The highest BCUT2D eigenvalue weighted by atomic mass is 16.5. The van der Waals surface area contributed by atoms with E-state index >= 15 is 0 Å². The van der Waals surface area contributed by atoms with Crippen LogP contribution in [0.5, 0.6) is 5.75 Å². The molecule has 156 valence electrons. The van der Waals surface area contributed by atoms with Crippen molar-refractivity contribution in [2.75, 3.05) is 25.3 Å². The number of hydrogen-bond acceptors (Lipinski definition) is 6. The highest BCUT2D eigenvalue weighted by Crippen LogP contribution is 2.29. The Balaban J connectivity index is 1.43. The molecule has 7 nitrogen and oxygen atoms in total. The summed E-state index contributed by atoms with van der Waals surface area (Å²) in [6.07, 6.45) is 3.54. The Morgan fingerprint density at radius 1 is 1.07 bits per heavy atom. The van der Waals surface area contributed by atoms with E-state index in [0.717, 1.165) is 22.8 Å². The SMILES string of the molecule is COCCOc1ccc(CN=C2NC=NC3C2C=NN3c2cc(C)cc(C)c2)cc1. The summed E-state index contributed by atoms with van der Waals surface area (Å²) in [4.78, 5) is 9.42. The minimum absolute atomic E-state index is 0.00692. The number of anilines is 1. The van der Waals surface area contributed by atoms with Crippen LogP contribution in [0.4, 0.5) is 5.69 Å². The van der Waals surface area contributed by atoms with E-state index in [1.165, 1.54) is 11.1 Å². The number of benzene rings is 2. The van der Waals surface area contributed by atoms with E-state index < -0.39 is 0 Å². The molecule has 2 atom stereocenters. The van der Waals surface area contributed by atoms with Crippen LogP contribution in [0.2, 0.25) is 0 Å². The van der Waals surface area contributed by atoms with E-state index in [2.05, 4.69) is 47.5 Å². The van der Waals surface area contributed by atoms with Gasteiger partial charge in [0.2, 0.25) is 0 Å². The largest absolute Gasteiger partial charge is 0.491 e. The third kappa shape index (κ3) is 4.52. The molecular weight excluding hydrogens is 378 g/mol. The molecule has 0 spiro atoms. The van der Waals surface area contributed by atoms with Crippen LogP contribution in [0.1, 0.15) is 16.7 Å². The van der Waals surface area contributed by atoms with Gasteiger partial charge in [-0.15, -0.1) is 0 Å². The fourth-order valence-corrected chi connectivity index (χ4v) is 3.65. The van der Waals surface area contributed by atoms with E-state index in [-0.39, 0.29) is 12.1 Å². The first-order valence-corrected chi connectivity index (χ1v) is 10.1. The number of nitrogens with zero attached hydrogens (tertiary/aromatic N) is 4. The van der Waals surface area contributed by atoms with E-state index in [1.807, 2.05) is 35.5 Å². The zero-order valence-electron chi connectivity index (χ0n) is 17.6. The van der Waals surface area contributed by atoms with E-state index in [4.69, 9.17) is 14.5 Å². The average molecular weight is 406 g/mol. The van der Waals surface area contributed by atoms with E-state index in [1.54, 1.807) is 13.4 Å². The van der Waals surface area contributed by atoms with Crippen LogP contribution in [0.15, 0.2) is 57.6 Å². The van der Waals surface area contributed by atoms with Crippen molar-refractivity contribution in [1.29, 1.82) is 0 Å². The van der Waals surface area contributed by atoms with Crippen molar-refractivity contribution in [3.63, 3.8) is 0 Å². The molecule has 0 aromatic heterocycles. The highest BCUT2D eigenvalue weighted by molar-refractivity contribution is 6.06. The standard InChI is InChI=1S/C23H27N5O2/c1-16-10-17(2)12-19(11-16)28-23-21(14-27-28)22(25-15-26-23)24-13-18-4-6-20(7-5-18)30-9-8-29-3/h4-7,10-12,14-15,21,23H,8-9,13H2,1-3H3,(H,24,25,26). The van der Waals surface area contributed by atoms with Crippen LogP contribution >= 0.6 is 0 Å². The van der Waals surface area contributed by atoms with Gasteiger partial charge in [0.25, 0.3) is 0 Å². The summed E-state index contributed by atoms with van der Waals surface area (Å²) < 4.78 is 10.6. The lowest BCUT2D eigenvalue weighted by molar-refractivity contribution is 0.146. The van der Waals surface area contributed by atoms with Crippen molar-refractivity contribution in [3.8, 4) is 5.75 Å². The fourth-order valence-electron chi connectivity index (χ4n) is 3.65. The summed E-state index contributed by atoms with van der Waals surface area (Å²) in [5.74, 6) is 1.72. The number of aryl methyl sites for hydroxylation is 2. The molecule has 2 unspecified atom stereocenters. The van der Waals surface area contributed by atoms with Crippen molar-refractivity contribution in [2.24, 2.45) is 21.0 Å². The predicted molar refractivity (Wildman–Crippen MR) is 121 cm³/mol. The quantitative estimate of drug-likeness (QED) is 0.718. The van der Waals surface area contributed by atoms with Crippen LogP contribution in [-0.2, 0) is 11.3 Å². The molecule has 4 rings (SSSR count). The second-order valence-corrected chi connectivity index (χ2v) is 7.50. The van der Waals surface area contributed by atoms with Crippen LogP contribution < -0.4 is 15.1 Å². The molecule has 0 radical (unpaired) electrons. The lowest BCUT2D eigenvalue weighted by Crippen LogP contribution is -2.45. The molecule has 2 heterocycles. The molecule has 0 saturated carbocycles. The van der Waals surface area contributed by atoms with Gasteiger partial charge in [0, 0.05) is 13.3 Å². The Bertz CT molecular complexity index is 948. The van der Waals surface area contributed by atoms with E-state index in [0.29, 0.717) is 19.8 Å². The zero-order chi connectivity index (χ0) is 20.9. The Hall–Kier alpha value is -3.19. The maximum Gasteiger partial charge on any atom is 0.158 e. The molecule has 0 aliphatic carbocycles. The third-order valence-corrected chi connectivity index (χ3v) is 5.06. The monoisotopic (exact) mass is 405 g/mol. The van der Waals surface area contributed by atoms with Gasteiger partial charge in [-0.25, -0.2) is 10.0 Å². The number of methoxy groups -OCH3 is 1. The summed E-state index contributed by atoms with van der Waals surface area (Å²) in [6.45, 7) is 5.89. The number of fused-ring (bicyclic) bond motifs is 1. The van der Waals surface area contributed by atoms with Crippen molar-refractivity contribution in [1.82, 2.24) is 5.32 Å². The Labute approximate surface area is 177 Å². The summed E-state index contributed by atoms with van der Waals surface area (Å²) in [7, 11) is 1.66. The van der Waals surface area contributed by atoms with Gasteiger partial charge < -0.3 is 14.8 Å². The average Bonchev–Trinajstić information content (AvgIpc) is 3.17. The number of hydrogen-bond donors (Lipinski definition) is 1. The van der Waals surface area contributed by atoms with Gasteiger partial charge in [-0.2, -0.15) is 5.10 Å². The number of nitrogens with one attached hydrogen (secondary N) is 1. The smallest absolute Gasteiger partial charge is 0.158 e. The number of ether oxygens (including phenoxy) is 2. The van der Waals surface area contributed by atoms with Gasteiger partial charge in [0.05, 0.1) is 31.1 Å². The number of amidine groups is 1. The van der Waals surface area contributed by atoms with Gasteiger partial charge in [-0.05, 0) is 54.8 Å². The Morgan fingerprint density at radius 3 is 2.57 bits per heavy atom. The van der Waals surface area contributed by atoms with Crippen LogP contribution in [-0.4, -0.2) is 44.9 Å². The molecule has 30 heavy (non-hydrogen) atoms. The van der Waals surface area contributed by atoms with Crippen LogP contribution in [0.25, 0.3) is 0 Å². The third-order valence-electron chi connectivity index (χ3n) is 5.06. The first kappa shape index (κ1) is 20.1. The van der Waals surface area contributed by atoms with Gasteiger partial charge >= 0.3 is 0 Å². The molecule has 0 amide bonds. The van der Waals surface area contributed by atoms with Crippen molar-refractivity contribution in [2.45, 2.75) is 26.6 Å². The molecule has 0 bridgehead atoms. The molecule has 0 saturated heterocycles. The number of aliphatic imine (C=N–C) groups is 2. The Kier molecular flexibility index (Phi) is 6.09. The second kappa shape index (κ2) is 9.09. The fraction of sp³-hybridized carbons (Fsp3) is 0.348. The summed E-state index contributed by atoms with van der Waals surface area (Å²) >= 11 is 0. The molecule has 2 aliphatic rings. The summed E-state index contributed by atoms with van der Waals surface area (Å²) in [5, 5.41) is 9.81. The topological polar surface area (TPSA) is 70.8 Å². The summed E-state index contributed by atoms with van der Waals surface area (Å²) in [5.41, 5.74) is 4.59. The minimum Gasteiger partial charge on any atom is -0.491 e. The van der Waals surface area contributed by atoms with Crippen molar-refractivity contribution >= 4 is 24.1 Å². The Morgan fingerprint density at radius 2 is 1.83 bits per heavy atom. The van der Waals surface area contributed by atoms with Gasteiger partial charge in [-0.1, -0.05) is 18.2 Å². The first-order chi connectivity index (χ1) is 14.6. The lowest BCUT2D eigenvalue weighted by atomic mass is 10.0. The van der Waals surface area contributed by atoms with Gasteiger partial charge in [0.1, 0.15) is 18.2 Å².